The Labute approximate surface area is 109 Å². The number of benzene rings is 1. The molecule has 0 aliphatic rings. The molecular formula is C12H12ClN3O2. The number of anilines is 2. The van der Waals surface area contributed by atoms with Crippen LogP contribution in [0.2, 0.25) is 5.02 Å². The lowest BCUT2D eigenvalue weighted by molar-refractivity contribution is 0.102. The van der Waals surface area contributed by atoms with E-state index < -0.39 is 0 Å². The van der Waals surface area contributed by atoms with Crippen molar-refractivity contribution in [2.75, 3.05) is 18.2 Å². The Morgan fingerprint density at radius 3 is 2.83 bits per heavy atom. The lowest BCUT2D eigenvalue weighted by Gasteiger charge is -2.09. The van der Waals surface area contributed by atoms with Gasteiger partial charge in [-0.05, 0) is 24.3 Å². The van der Waals surface area contributed by atoms with Crippen LogP contribution in [0.4, 0.5) is 11.4 Å². The first kappa shape index (κ1) is 12.3. The molecule has 0 aliphatic carbocycles. The fourth-order valence-electron chi connectivity index (χ4n) is 1.51. The van der Waals surface area contributed by atoms with Gasteiger partial charge in [-0.25, -0.2) is 0 Å². The average molecular weight is 266 g/mol. The van der Waals surface area contributed by atoms with Crippen molar-refractivity contribution in [3.63, 3.8) is 0 Å². The van der Waals surface area contributed by atoms with Crippen molar-refractivity contribution >= 4 is 28.9 Å². The van der Waals surface area contributed by atoms with Crippen molar-refractivity contribution < 1.29 is 9.53 Å². The molecule has 5 nitrogen and oxygen atoms in total. The predicted octanol–water partition coefficient (Wildman–Crippen LogP) is 2.51. The Hall–Kier alpha value is -2.14. The molecule has 0 atom stereocenters. The van der Waals surface area contributed by atoms with Crippen LogP contribution in [0.15, 0.2) is 30.5 Å². The van der Waals surface area contributed by atoms with Crippen molar-refractivity contribution in [1.82, 2.24) is 4.98 Å². The summed E-state index contributed by atoms with van der Waals surface area (Å²) in [6.45, 7) is 0. The SMILES string of the molecule is COc1ccc(Cl)cc1NC(=O)c1cc(N)c[nH]1. The fraction of sp³-hybridized carbons (Fsp3) is 0.0833. The molecule has 94 valence electrons. The summed E-state index contributed by atoms with van der Waals surface area (Å²) in [5.41, 5.74) is 6.90. The maximum absolute atomic E-state index is 11.9. The Morgan fingerprint density at radius 2 is 2.22 bits per heavy atom. The zero-order valence-electron chi connectivity index (χ0n) is 9.66. The Morgan fingerprint density at radius 1 is 1.44 bits per heavy atom. The van der Waals surface area contributed by atoms with E-state index in [-0.39, 0.29) is 5.91 Å². The zero-order valence-corrected chi connectivity index (χ0v) is 10.4. The lowest BCUT2D eigenvalue weighted by Crippen LogP contribution is -2.13. The van der Waals surface area contributed by atoms with Crippen LogP contribution < -0.4 is 15.8 Å². The fourth-order valence-corrected chi connectivity index (χ4v) is 1.68. The number of H-pyrrole nitrogens is 1. The van der Waals surface area contributed by atoms with Gasteiger partial charge in [0.15, 0.2) is 0 Å². The number of amides is 1. The minimum absolute atomic E-state index is 0.313. The first-order valence-corrected chi connectivity index (χ1v) is 5.56. The highest BCUT2D eigenvalue weighted by Gasteiger charge is 2.11. The molecular weight excluding hydrogens is 254 g/mol. The second-order valence-electron chi connectivity index (χ2n) is 3.65. The van der Waals surface area contributed by atoms with Crippen LogP contribution in [-0.4, -0.2) is 18.0 Å². The van der Waals surface area contributed by atoms with E-state index in [2.05, 4.69) is 10.3 Å². The molecule has 1 heterocycles. The number of methoxy groups -OCH3 is 1. The maximum atomic E-state index is 11.9. The molecule has 6 heteroatoms. The molecule has 0 fully saturated rings. The number of nitrogen functional groups attached to an aromatic ring is 1. The van der Waals surface area contributed by atoms with E-state index in [0.717, 1.165) is 0 Å². The molecule has 18 heavy (non-hydrogen) atoms. The smallest absolute Gasteiger partial charge is 0.272 e. The minimum atomic E-state index is -0.313. The number of hydrogen-bond donors (Lipinski definition) is 3. The van der Waals surface area contributed by atoms with Gasteiger partial charge in [0, 0.05) is 16.9 Å². The Bertz CT molecular complexity index is 580. The van der Waals surface area contributed by atoms with Crippen LogP contribution in [0.5, 0.6) is 5.75 Å². The summed E-state index contributed by atoms with van der Waals surface area (Å²) in [5, 5.41) is 3.21. The molecule has 0 saturated carbocycles. The zero-order chi connectivity index (χ0) is 13.1. The summed E-state index contributed by atoms with van der Waals surface area (Å²) in [5.74, 6) is 0.222. The molecule has 0 saturated heterocycles. The largest absolute Gasteiger partial charge is 0.495 e. The van der Waals surface area contributed by atoms with E-state index in [4.69, 9.17) is 22.1 Å². The van der Waals surface area contributed by atoms with Gasteiger partial charge in [0.25, 0.3) is 5.91 Å². The summed E-state index contributed by atoms with van der Waals surface area (Å²) in [7, 11) is 1.52. The number of aromatic amines is 1. The van der Waals surface area contributed by atoms with Gasteiger partial charge in [-0.1, -0.05) is 11.6 Å². The van der Waals surface area contributed by atoms with Crippen molar-refractivity contribution in [3.8, 4) is 5.75 Å². The molecule has 2 rings (SSSR count). The van der Waals surface area contributed by atoms with Crippen molar-refractivity contribution in [1.29, 1.82) is 0 Å². The number of carbonyl (C=O) groups excluding carboxylic acids is 1. The third kappa shape index (κ3) is 2.57. The molecule has 0 unspecified atom stereocenters. The number of halogens is 1. The quantitative estimate of drug-likeness (QED) is 0.798. The van der Waals surface area contributed by atoms with Crippen LogP contribution in [-0.2, 0) is 0 Å². The van der Waals surface area contributed by atoms with Gasteiger partial charge >= 0.3 is 0 Å². The van der Waals surface area contributed by atoms with Gasteiger partial charge in [0.1, 0.15) is 11.4 Å². The highest BCUT2D eigenvalue weighted by Crippen LogP contribution is 2.28. The van der Waals surface area contributed by atoms with Crippen LogP contribution in [0.3, 0.4) is 0 Å². The first-order valence-electron chi connectivity index (χ1n) is 5.19. The summed E-state index contributed by atoms with van der Waals surface area (Å²) >= 11 is 5.87. The van der Waals surface area contributed by atoms with Crippen LogP contribution in [0.1, 0.15) is 10.5 Å². The molecule has 0 aliphatic heterocycles. The number of rotatable bonds is 3. The average Bonchev–Trinajstić information content (AvgIpc) is 2.76. The Balaban J connectivity index is 2.23. The van der Waals surface area contributed by atoms with Gasteiger partial charge < -0.3 is 20.8 Å². The molecule has 1 aromatic carbocycles. The van der Waals surface area contributed by atoms with Crippen molar-refractivity contribution in [2.45, 2.75) is 0 Å². The van der Waals surface area contributed by atoms with Crippen molar-refractivity contribution in [2.24, 2.45) is 0 Å². The lowest BCUT2D eigenvalue weighted by atomic mass is 10.2. The summed E-state index contributed by atoms with van der Waals surface area (Å²) in [6, 6.07) is 6.53. The molecule has 2 aromatic rings. The van der Waals surface area contributed by atoms with Crippen LogP contribution in [0.25, 0.3) is 0 Å². The second-order valence-corrected chi connectivity index (χ2v) is 4.08. The standard InChI is InChI=1S/C12H12ClN3O2/c1-18-11-3-2-7(13)4-9(11)16-12(17)10-5-8(14)6-15-10/h2-6,15H,14H2,1H3,(H,16,17). The highest BCUT2D eigenvalue weighted by molar-refractivity contribution is 6.31. The summed E-state index contributed by atoms with van der Waals surface area (Å²) in [4.78, 5) is 14.7. The number of aromatic nitrogens is 1. The van der Waals surface area contributed by atoms with Gasteiger partial charge in [-0.15, -0.1) is 0 Å². The van der Waals surface area contributed by atoms with E-state index in [1.165, 1.54) is 7.11 Å². The molecule has 0 radical (unpaired) electrons. The number of nitrogens with one attached hydrogen (secondary N) is 2. The third-order valence-electron chi connectivity index (χ3n) is 2.36. The normalized spacial score (nSPS) is 10.1. The summed E-state index contributed by atoms with van der Waals surface area (Å²) in [6.07, 6.45) is 1.55. The number of nitrogens with two attached hydrogens (primary N) is 1. The number of hydrogen-bond acceptors (Lipinski definition) is 3. The van der Waals surface area contributed by atoms with Gasteiger partial charge in [0.05, 0.1) is 12.8 Å². The summed E-state index contributed by atoms with van der Waals surface area (Å²) < 4.78 is 5.13. The monoisotopic (exact) mass is 265 g/mol. The Kier molecular flexibility index (Phi) is 3.43. The molecule has 1 amide bonds. The first-order chi connectivity index (χ1) is 8.60. The van der Waals surface area contributed by atoms with E-state index in [1.54, 1.807) is 30.5 Å². The van der Waals surface area contributed by atoms with E-state index >= 15 is 0 Å². The van der Waals surface area contributed by atoms with Gasteiger partial charge in [0.2, 0.25) is 0 Å². The number of carbonyl (C=O) groups is 1. The van der Waals surface area contributed by atoms with Gasteiger partial charge in [-0.2, -0.15) is 0 Å². The molecule has 0 spiro atoms. The van der Waals surface area contributed by atoms with E-state index in [9.17, 15) is 4.79 Å². The maximum Gasteiger partial charge on any atom is 0.272 e. The predicted molar refractivity (Wildman–Crippen MR) is 71.2 cm³/mol. The van der Waals surface area contributed by atoms with E-state index in [0.29, 0.717) is 27.8 Å². The molecule has 0 bridgehead atoms. The second kappa shape index (κ2) is 5.01. The molecule has 4 N–H and O–H groups in total. The number of ether oxygens (including phenoxy) is 1. The van der Waals surface area contributed by atoms with Crippen LogP contribution in [0, 0.1) is 0 Å². The highest BCUT2D eigenvalue weighted by atomic mass is 35.5. The molecule has 1 aromatic heterocycles. The topological polar surface area (TPSA) is 80.1 Å². The van der Waals surface area contributed by atoms with Crippen LogP contribution >= 0.6 is 11.6 Å². The third-order valence-corrected chi connectivity index (χ3v) is 2.59. The van der Waals surface area contributed by atoms with E-state index in [1.807, 2.05) is 0 Å². The minimum Gasteiger partial charge on any atom is -0.495 e. The van der Waals surface area contributed by atoms with Crippen molar-refractivity contribution in [3.05, 3.63) is 41.2 Å². The van der Waals surface area contributed by atoms with Gasteiger partial charge in [-0.3, -0.25) is 4.79 Å².